The maximum atomic E-state index is 5.89. The van der Waals surface area contributed by atoms with Crippen molar-refractivity contribution >= 4 is 0 Å². The summed E-state index contributed by atoms with van der Waals surface area (Å²) in [5, 5.41) is 11.7. The first-order valence-electron chi connectivity index (χ1n) is 6.13. The summed E-state index contributed by atoms with van der Waals surface area (Å²) >= 11 is 0. The van der Waals surface area contributed by atoms with Crippen LogP contribution in [0.25, 0.3) is 11.5 Å². The Morgan fingerprint density at radius 1 is 1.37 bits per heavy atom. The molecular formula is C12H17N5O2. The zero-order valence-electron chi connectivity index (χ0n) is 11.2. The first-order valence-corrected chi connectivity index (χ1v) is 6.13. The highest BCUT2D eigenvalue weighted by molar-refractivity contribution is 5.47. The molecule has 2 aromatic rings. The normalized spacial score (nSPS) is 14.1. The molecule has 0 saturated heterocycles. The summed E-state index contributed by atoms with van der Waals surface area (Å²) in [6.45, 7) is 3.95. The van der Waals surface area contributed by atoms with E-state index in [1.54, 1.807) is 12.1 Å². The number of hydrogen-bond acceptors (Lipinski definition) is 7. The van der Waals surface area contributed by atoms with E-state index in [9.17, 15) is 0 Å². The number of hydrogen-bond donors (Lipinski definition) is 1. The van der Waals surface area contributed by atoms with Gasteiger partial charge in [0.25, 0.3) is 0 Å². The first kappa shape index (κ1) is 13.4. The lowest BCUT2D eigenvalue weighted by molar-refractivity contribution is 0.334. The number of aromatic nitrogens is 4. The molecule has 102 valence electrons. The van der Waals surface area contributed by atoms with Crippen molar-refractivity contribution in [3.63, 3.8) is 0 Å². The van der Waals surface area contributed by atoms with Gasteiger partial charge in [0.2, 0.25) is 17.6 Å². The van der Waals surface area contributed by atoms with E-state index in [-0.39, 0.29) is 12.0 Å². The molecule has 2 heterocycles. The Balaban J connectivity index is 2.24. The maximum absolute atomic E-state index is 5.89. The molecule has 0 aliphatic carbocycles. The summed E-state index contributed by atoms with van der Waals surface area (Å²) < 4.78 is 10.2. The number of nitrogens with zero attached hydrogens (tertiary/aromatic N) is 4. The largest absolute Gasteiger partial charge is 0.480 e. The van der Waals surface area contributed by atoms with Crippen LogP contribution >= 0.6 is 0 Å². The molecule has 2 aromatic heterocycles. The van der Waals surface area contributed by atoms with E-state index >= 15 is 0 Å². The molecule has 7 heteroatoms. The van der Waals surface area contributed by atoms with Crippen molar-refractivity contribution in [1.29, 1.82) is 0 Å². The molecule has 0 bridgehead atoms. The molecule has 0 radical (unpaired) electrons. The van der Waals surface area contributed by atoms with Gasteiger partial charge in [0.05, 0.1) is 13.0 Å². The van der Waals surface area contributed by atoms with Crippen molar-refractivity contribution in [2.75, 3.05) is 7.11 Å². The monoisotopic (exact) mass is 263 g/mol. The van der Waals surface area contributed by atoms with Crippen molar-refractivity contribution in [2.45, 2.75) is 32.2 Å². The fraction of sp³-hybridized carbons (Fsp3) is 0.500. The molecule has 7 nitrogen and oxygen atoms in total. The van der Waals surface area contributed by atoms with Crippen molar-refractivity contribution in [3.8, 4) is 17.4 Å². The Bertz CT molecular complexity index is 523. The van der Waals surface area contributed by atoms with Gasteiger partial charge < -0.3 is 15.0 Å². The Morgan fingerprint density at radius 3 is 2.68 bits per heavy atom. The van der Waals surface area contributed by atoms with Gasteiger partial charge in [-0.15, -0.1) is 10.2 Å². The fourth-order valence-electron chi connectivity index (χ4n) is 1.81. The molecule has 0 spiro atoms. The Hall–Kier alpha value is -2.02. The number of ether oxygens (including phenoxy) is 1. The highest BCUT2D eigenvalue weighted by Gasteiger charge is 2.21. The van der Waals surface area contributed by atoms with Crippen LogP contribution in [0.15, 0.2) is 16.7 Å². The SMILES string of the molecule is CCC(c1nc(-c2ccc(OC)nn2)no1)C(C)N. The lowest BCUT2D eigenvalue weighted by Crippen LogP contribution is -2.24. The highest BCUT2D eigenvalue weighted by Crippen LogP contribution is 2.23. The minimum Gasteiger partial charge on any atom is -0.480 e. The molecule has 0 aliphatic heterocycles. The zero-order chi connectivity index (χ0) is 13.8. The second-order valence-corrected chi connectivity index (χ2v) is 4.29. The van der Waals surface area contributed by atoms with Crippen LogP contribution < -0.4 is 10.5 Å². The second-order valence-electron chi connectivity index (χ2n) is 4.29. The van der Waals surface area contributed by atoms with Crippen LogP contribution in [-0.4, -0.2) is 33.5 Å². The summed E-state index contributed by atoms with van der Waals surface area (Å²) in [4.78, 5) is 4.33. The van der Waals surface area contributed by atoms with Gasteiger partial charge in [0.1, 0.15) is 5.69 Å². The molecule has 0 aliphatic rings. The molecule has 2 rings (SSSR count). The molecule has 0 saturated carbocycles. The van der Waals surface area contributed by atoms with Gasteiger partial charge in [-0.25, -0.2) is 0 Å². The van der Waals surface area contributed by atoms with E-state index in [2.05, 4.69) is 20.3 Å². The van der Waals surface area contributed by atoms with E-state index in [4.69, 9.17) is 15.0 Å². The predicted molar refractivity (Wildman–Crippen MR) is 68.6 cm³/mol. The van der Waals surface area contributed by atoms with E-state index in [0.717, 1.165) is 6.42 Å². The molecule has 0 aromatic carbocycles. The lowest BCUT2D eigenvalue weighted by Gasteiger charge is -2.13. The maximum Gasteiger partial charge on any atom is 0.233 e. The molecule has 2 atom stereocenters. The second kappa shape index (κ2) is 5.75. The van der Waals surface area contributed by atoms with Crippen molar-refractivity contribution < 1.29 is 9.26 Å². The van der Waals surface area contributed by atoms with E-state index in [0.29, 0.717) is 23.3 Å². The van der Waals surface area contributed by atoms with Gasteiger partial charge in [-0.05, 0) is 19.4 Å². The Morgan fingerprint density at radius 2 is 2.16 bits per heavy atom. The predicted octanol–water partition coefficient (Wildman–Crippen LogP) is 1.38. The van der Waals surface area contributed by atoms with Crippen molar-refractivity contribution in [3.05, 3.63) is 18.0 Å². The van der Waals surface area contributed by atoms with Crippen LogP contribution in [0.5, 0.6) is 5.88 Å². The topological polar surface area (TPSA) is 100.0 Å². The lowest BCUT2D eigenvalue weighted by atomic mass is 9.99. The van der Waals surface area contributed by atoms with Crippen LogP contribution in [0, 0.1) is 0 Å². The van der Waals surface area contributed by atoms with E-state index < -0.39 is 0 Å². The van der Waals surface area contributed by atoms with Gasteiger partial charge in [-0.1, -0.05) is 12.1 Å². The van der Waals surface area contributed by atoms with Crippen LogP contribution in [0.3, 0.4) is 0 Å². The quantitative estimate of drug-likeness (QED) is 0.869. The molecular weight excluding hydrogens is 246 g/mol. The van der Waals surface area contributed by atoms with Gasteiger partial charge >= 0.3 is 0 Å². The van der Waals surface area contributed by atoms with Gasteiger partial charge in [0.15, 0.2) is 0 Å². The number of nitrogens with two attached hydrogens (primary N) is 1. The molecule has 0 amide bonds. The van der Waals surface area contributed by atoms with Crippen LogP contribution in [0.1, 0.15) is 32.1 Å². The highest BCUT2D eigenvalue weighted by atomic mass is 16.5. The summed E-state index contributed by atoms with van der Waals surface area (Å²) in [6, 6.07) is 3.38. The van der Waals surface area contributed by atoms with Crippen LogP contribution in [0.4, 0.5) is 0 Å². The average molecular weight is 263 g/mol. The van der Waals surface area contributed by atoms with Gasteiger partial charge in [-0.2, -0.15) is 4.98 Å². The van der Waals surface area contributed by atoms with Crippen molar-refractivity contribution in [1.82, 2.24) is 20.3 Å². The Kier molecular flexibility index (Phi) is 4.06. The third-order valence-corrected chi connectivity index (χ3v) is 2.91. The van der Waals surface area contributed by atoms with E-state index in [1.807, 2.05) is 13.8 Å². The molecule has 2 N–H and O–H groups in total. The summed E-state index contributed by atoms with van der Waals surface area (Å²) in [5.41, 5.74) is 6.43. The average Bonchev–Trinajstić information content (AvgIpc) is 2.89. The third-order valence-electron chi connectivity index (χ3n) is 2.91. The zero-order valence-corrected chi connectivity index (χ0v) is 11.2. The fourth-order valence-corrected chi connectivity index (χ4v) is 1.81. The summed E-state index contributed by atoms with van der Waals surface area (Å²) in [5.74, 6) is 1.43. The number of methoxy groups -OCH3 is 1. The standard InChI is InChI=1S/C12H17N5O2/c1-4-8(7(2)13)12-14-11(17-19-12)9-5-6-10(18-3)16-15-9/h5-8H,4,13H2,1-3H3. The molecule has 0 fully saturated rings. The van der Waals surface area contributed by atoms with E-state index in [1.165, 1.54) is 7.11 Å². The summed E-state index contributed by atoms with van der Waals surface area (Å²) in [7, 11) is 1.53. The summed E-state index contributed by atoms with van der Waals surface area (Å²) in [6.07, 6.45) is 0.841. The smallest absolute Gasteiger partial charge is 0.233 e. The van der Waals surface area contributed by atoms with Gasteiger partial charge in [0, 0.05) is 12.1 Å². The third kappa shape index (κ3) is 2.87. The minimum atomic E-state index is -0.0414. The molecule has 19 heavy (non-hydrogen) atoms. The van der Waals surface area contributed by atoms with Gasteiger partial charge in [-0.3, -0.25) is 0 Å². The minimum absolute atomic E-state index is 0.0414. The van der Waals surface area contributed by atoms with Crippen LogP contribution in [-0.2, 0) is 0 Å². The Labute approximate surface area is 111 Å². The number of rotatable bonds is 5. The van der Waals surface area contributed by atoms with Crippen molar-refractivity contribution in [2.24, 2.45) is 5.73 Å². The van der Waals surface area contributed by atoms with Crippen LogP contribution in [0.2, 0.25) is 0 Å². The first-order chi connectivity index (χ1) is 9.15. The molecule has 2 unspecified atom stereocenters.